The third-order valence-corrected chi connectivity index (χ3v) is 4.23. The van der Waals surface area contributed by atoms with Crippen LogP contribution in [0.1, 0.15) is 5.56 Å². The molecule has 0 amide bonds. The Bertz CT molecular complexity index is 773. The average Bonchev–Trinajstić information content (AvgIpc) is 2.81. The van der Waals surface area contributed by atoms with Gasteiger partial charge in [-0.2, -0.15) is 0 Å². The minimum atomic E-state index is 0.585. The van der Waals surface area contributed by atoms with Gasteiger partial charge in [-0.3, -0.25) is 0 Å². The second-order valence-electron chi connectivity index (χ2n) is 4.23. The third kappa shape index (κ3) is 2.87. The molecule has 0 saturated carbocycles. The standard InChI is InChI=1S/C14H10Cl2N2OS/c15-9-1-3-11(16)8(5-9)7-20-14-18-12-4-2-10(17)6-13(12)19-14/h1-6H,7,17H2. The van der Waals surface area contributed by atoms with E-state index in [1.807, 2.05) is 12.1 Å². The zero-order chi connectivity index (χ0) is 14.1. The van der Waals surface area contributed by atoms with Crippen molar-refractivity contribution in [1.82, 2.24) is 4.98 Å². The summed E-state index contributed by atoms with van der Waals surface area (Å²) >= 11 is 13.5. The molecule has 3 aromatic rings. The molecule has 102 valence electrons. The van der Waals surface area contributed by atoms with Crippen LogP contribution in [0.2, 0.25) is 10.0 Å². The molecule has 0 aliphatic carbocycles. The lowest BCUT2D eigenvalue weighted by molar-refractivity contribution is 0.489. The lowest BCUT2D eigenvalue weighted by Crippen LogP contribution is -1.83. The Morgan fingerprint density at radius 1 is 1.15 bits per heavy atom. The van der Waals surface area contributed by atoms with Gasteiger partial charge in [0.2, 0.25) is 0 Å². The zero-order valence-corrected chi connectivity index (χ0v) is 12.6. The molecule has 0 radical (unpaired) electrons. The van der Waals surface area contributed by atoms with Crippen molar-refractivity contribution < 1.29 is 4.42 Å². The van der Waals surface area contributed by atoms with E-state index in [9.17, 15) is 0 Å². The van der Waals surface area contributed by atoms with Crippen molar-refractivity contribution in [2.45, 2.75) is 11.0 Å². The molecule has 0 aliphatic rings. The Morgan fingerprint density at radius 2 is 2.00 bits per heavy atom. The van der Waals surface area contributed by atoms with Crippen LogP contribution in [-0.4, -0.2) is 4.98 Å². The minimum Gasteiger partial charge on any atom is -0.431 e. The van der Waals surface area contributed by atoms with E-state index in [1.54, 1.807) is 24.3 Å². The van der Waals surface area contributed by atoms with E-state index >= 15 is 0 Å². The van der Waals surface area contributed by atoms with Gasteiger partial charge in [-0.1, -0.05) is 35.0 Å². The maximum atomic E-state index is 6.12. The van der Waals surface area contributed by atoms with E-state index in [2.05, 4.69) is 4.98 Å². The maximum absolute atomic E-state index is 6.12. The van der Waals surface area contributed by atoms with Gasteiger partial charge in [0.15, 0.2) is 5.58 Å². The van der Waals surface area contributed by atoms with Crippen molar-refractivity contribution in [2.75, 3.05) is 5.73 Å². The first-order valence-electron chi connectivity index (χ1n) is 5.84. The predicted molar refractivity (Wildman–Crippen MR) is 84.4 cm³/mol. The van der Waals surface area contributed by atoms with E-state index in [-0.39, 0.29) is 0 Å². The Labute approximate surface area is 130 Å². The number of aromatic nitrogens is 1. The molecular weight excluding hydrogens is 315 g/mol. The number of hydrogen-bond acceptors (Lipinski definition) is 4. The van der Waals surface area contributed by atoms with E-state index in [4.69, 9.17) is 33.4 Å². The number of fused-ring (bicyclic) bond motifs is 1. The molecule has 3 rings (SSSR count). The Kier molecular flexibility index (Phi) is 3.78. The van der Waals surface area contributed by atoms with Crippen LogP contribution >= 0.6 is 35.0 Å². The number of anilines is 1. The Balaban J connectivity index is 1.81. The van der Waals surface area contributed by atoms with Crippen LogP contribution in [0.15, 0.2) is 46.0 Å². The second-order valence-corrected chi connectivity index (χ2v) is 6.00. The third-order valence-electron chi connectivity index (χ3n) is 2.75. The molecule has 0 unspecified atom stereocenters. The predicted octanol–water partition coefficient (Wildman–Crippen LogP) is 5.01. The molecule has 0 spiro atoms. The molecule has 0 atom stereocenters. The smallest absolute Gasteiger partial charge is 0.257 e. The highest BCUT2D eigenvalue weighted by atomic mass is 35.5. The summed E-state index contributed by atoms with van der Waals surface area (Å²) in [6.07, 6.45) is 0. The molecule has 20 heavy (non-hydrogen) atoms. The quantitative estimate of drug-likeness (QED) is 0.543. The first kappa shape index (κ1) is 13.6. The highest BCUT2D eigenvalue weighted by Gasteiger charge is 2.09. The van der Waals surface area contributed by atoms with Gasteiger partial charge in [0.1, 0.15) is 5.52 Å². The molecule has 0 bridgehead atoms. The summed E-state index contributed by atoms with van der Waals surface area (Å²) in [6.45, 7) is 0. The molecule has 0 saturated heterocycles. The van der Waals surface area contributed by atoms with Gasteiger partial charge in [-0.15, -0.1) is 0 Å². The number of nitrogens with zero attached hydrogens (tertiary/aromatic N) is 1. The lowest BCUT2D eigenvalue weighted by Gasteiger charge is -2.02. The highest BCUT2D eigenvalue weighted by Crippen LogP contribution is 2.30. The average molecular weight is 325 g/mol. The fraction of sp³-hybridized carbons (Fsp3) is 0.0714. The van der Waals surface area contributed by atoms with Crippen LogP contribution in [0, 0.1) is 0 Å². The summed E-state index contributed by atoms with van der Waals surface area (Å²) in [7, 11) is 0. The fourth-order valence-electron chi connectivity index (χ4n) is 1.78. The monoisotopic (exact) mass is 324 g/mol. The number of hydrogen-bond donors (Lipinski definition) is 1. The van der Waals surface area contributed by atoms with Crippen molar-refractivity contribution >= 4 is 51.8 Å². The number of benzene rings is 2. The van der Waals surface area contributed by atoms with Crippen LogP contribution in [0.3, 0.4) is 0 Å². The summed E-state index contributed by atoms with van der Waals surface area (Å²) in [6, 6.07) is 10.8. The molecule has 3 nitrogen and oxygen atoms in total. The number of nitrogen functional groups attached to an aromatic ring is 1. The van der Waals surface area contributed by atoms with Crippen molar-refractivity contribution in [3.8, 4) is 0 Å². The number of nitrogens with two attached hydrogens (primary N) is 1. The molecular formula is C14H10Cl2N2OS. The van der Waals surface area contributed by atoms with E-state index < -0.39 is 0 Å². The van der Waals surface area contributed by atoms with Gasteiger partial charge in [-0.05, 0) is 35.9 Å². The molecule has 1 aromatic heterocycles. The van der Waals surface area contributed by atoms with Gasteiger partial charge < -0.3 is 10.2 Å². The molecule has 0 aliphatic heterocycles. The topological polar surface area (TPSA) is 52.0 Å². The highest BCUT2D eigenvalue weighted by molar-refractivity contribution is 7.98. The Morgan fingerprint density at radius 3 is 2.85 bits per heavy atom. The Hall–Kier alpha value is -1.36. The molecule has 2 aromatic carbocycles. The van der Waals surface area contributed by atoms with Crippen molar-refractivity contribution in [2.24, 2.45) is 0 Å². The summed E-state index contributed by atoms with van der Waals surface area (Å²) in [5, 5.41) is 1.93. The van der Waals surface area contributed by atoms with Gasteiger partial charge in [-0.25, -0.2) is 4.98 Å². The summed E-state index contributed by atoms with van der Waals surface area (Å²) in [5.41, 5.74) is 8.79. The van der Waals surface area contributed by atoms with Crippen LogP contribution < -0.4 is 5.73 Å². The summed E-state index contributed by atoms with van der Waals surface area (Å²) in [4.78, 5) is 4.39. The van der Waals surface area contributed by atoms with Crippen LogP contribution in [0.5, 0.6) is 0 Å². The van der Waals surface area contributed by atoms with Gasteiger partial charge in [0.05, 0.1) is 0 Å². The number of thioether (sulfide) groups is 1. The maximum Gasteiger partial charge on any atom is 0.257 e. The molecule has 6 heteroatoms. The zero-order valence-electron chi connectivity index (χ0n) is 10.3. The first-order chi connectivity index (χ1) is 9.61. The molecule has 2 N–H and O–H groups in total. The van der Waals surface area contributed by atoms with Crippen molar-refractivity contribution in [1.29, 1.82) is 0 Å². The SMILES string of the molecule is Nc1ccc2nc(SCc3cc(Cl)ccc3Cl)oc2c1. The van der Waals surface area contributed by atoms with Crippen LogP contribution in [0.4, 0.5) is 5.69 Å². The van der Waals surface area contributed by atoms with Gasteiger partial charge >= 0.3 is 0 Å². The molecule has 1 heterocycles. The number of rotatable bonds is 3. The normalized spacial score (nSPS) is 11.1. The van der Waals surface area contributed by atoms with E-state index in [0.29, 0.717) is 32.3 Å². The van der Waals surface area contributed by atoms with Crippen LogP contribution in [0.25, 0.3) is 11.1 Å². The van der Waals surface area contributed by atoms with Crippen molar-refractivity contribution in [3.63, 3.8) is 0 Å². The minimum absolute atomic E-state index is 0.585. The number of oxazole rings is 1. The molecule has 0 fully saturated rings. The van der Waals surface area contributed by atoms with Crippen molar-refractivity contribution in [3.05, 3.63) is 52.0 Å². The van der Waals surface area contributed by atoms with E-state index in [1.165, 1.54) is 11.8 Å². The van der Waals surface area contributed by atoms with Crippen LogP contribution in [-0.2, 0) is 5.75 Å². The lowest BCUT2D eigenvalue weighted by atomic mass is 10.2. The largest absolute Gasteiger partial charge is 0.431 e. The second kappa shape index (κ2) is 5.56. The van der Waals surface area contributed by atoms with E-state index in [0.717, 1.165) is 11.1 Å². The number of halogens is 2. The summed E-state index contributed by atoms with van der Waals surface area (Å²) < 4.78 is 5.64. The van der Waals surface area contributed by atoms with Gasteiger partial charge in [0.25, 0.3) is 5.22 Å². The van der Waals surface area contributed by atoms with Gasteiger partial charge in [0, 0.05) is 27.6 Å². The summed E-state index contributed by atoms with van der Waals surface area (Å²) in [5.74, 6) is 0.641. The first-order valence-corrected chi connectivity index (χ1v) is 7.59. The fourth-order valence-corrected chi connectivity index (χ4v) is 3.06.